The molecule has 2 aliphatic rings. The zero-order valence-electron chi connectivity index (χ0n) is 15.7. The van der Waals surface area contributed by atoms with Crippen LogP contribution in [0.2, 0.25) is 0 Å². The average Bonchev–Trinajstić information content (AvgIpc) is 2.97. The third-order valence-corrected chi connectivity index (χ3v) is 4.92. The Hall–Kier alpha value is -1.85. The van der Waals surface area contributed by atoms with E-state index in [-0.39, 0.29) is 6.09 Å². The second kappa shape index (κ2) is 7.58. The summed E-state index contributed by atoms with van der Waals surface area (Å²) in [6, 6.07) is 2.15. The minimum atomic E-state index is -0.452. The molecule has 1 aromatic rings. The van der Waals surface area contributed by atoms with Crippen molar-refractivity contribution in [3.8, 4) is 0 Å². The molecule has 6 nitrogen and oxygen atoms in total. The van der Waals surface area contributed by atoms with Crippen molar-refractivity contribution in [2.24, 2.45) is 0 Å². The Morgan fingerprint density at radius 2 is 1.84 bits per heavy atom. The lowest BCUT2D eigenvalue weighted by molar-refractivity contribution is 0.0263. The van der Waals surface area contributed by atoms with E-state index in [2.05, 4.69) is 20.9 Å². The highest BCUT2D eigenvalue weighted by molar-refractivity contribution is 5.68. The summed E-state index contributed by atoms with van der Waals surface area (Å²) in [6.45, 7) is 8.78. The van der Waals surface area contributed by atoms with Gasteiger partial charge in [0.25, 0.3) is 0 Å². The molecule has 2 fully saturated rings. The van der Waals surface area contributed by atoms with Gasteiger partial charge in [-0.25, -0.2) is 14.8 Å². The first-order valence-corrected chi connectivity index (χ1v) is 9.47. The number of hydrogen-bond donors (Lipinski definition) is 0. The van der Waals surface area contributed by atoms with E-state index in [0.717, 1.165) is 31.9 Å². The molecule has 0 bridgehead atoms. The summed E-state index contributed by atoms with van der Waals surface area (Å²) in [5.41, 5.74) is 0.724. The average molecular weight is 346 g/mol. The molecule has 3 rings (SSSR count). The van der Waals surface area contributed by atoms with E-state index in [1.54, 1.807) is 6.33 Å². The van der Waals surface area contributed by atoms with Crippen LogP contribution in [-0.4, -0.2) is 52.7 Å². The van der Waals surface area contributed by atoms with Crippen molar-refractivity contribution in [1.82, 2.24) is 14.9 Å². The molecule has 138 valence electrons. The third kappa shape index (κ3) is 4.83. The largest absolute Gasteiger partial charge is 0.444 e. The zero-order valence-corrected chi connectivity index (χ0v) is 15.7. The van der Waals surface area contributed by atoms with E-state index in [9.17, 15) is 4.79 Å². The maximum Gasteiger partial charge on any atom is 0.410 e. The van der Waals surface area contributed by atoms with Gasteiger partial charge in [0, 0.05) is 43.9 Å². The van der Waals surface area contributed by atoms with E-state index in [1.165, 1.54) is 31.4 Å². The van der Waals surface area contributed by atoms with Gasteiger partial charge >= 0.3 is 6.09 Å². The molecule has 25 heavy (non-hydrogen) atoms. The molecule has 1 aliphatic carbocycles. The summed E-state index contributed by atoms with van der Waals surface area (Å²) >= 11 is 0. The Balaban J connectivity index is 1.63. The first-order chi connectivity index (χ1) is 11.9. The van der Waals surface area contributed by atoms with Crippen molar-refractivity contribution < 1.29 is 9.53 Å². The van der Waals surface area contributed by atoms with Gasteiger partial charge in [-0.05, 0) is 40.0 Å². The van der Waals surface area contributed by atoms with Crippen molar-refractivity contribution in [1.29, 1.82) is 0 Å². The van der Waals surface area contributed by atoms with Crippen molar-refractivity contribution in [2.75, 3.05) is 31.1 Å². The van der Waals surface area contributed by atoms with Crippen LogP contribution in [0, 0.1) is 0 Å². The van der Waals surface area contributed by atoms with Crippen LogP contribution in [0.5, 0.6) is 0 Å². The lowest BCUT2D eigenvalue weighted by Crippen LogP contribution is -2.39. The van der Waals surface area contributed by atoms with Gasteiger partial charge < -0.3 is 14.5 Å². The van der Waals surface area contributed by atoms with E-state index < -0.39 is 5.60 Å². The maximum atomic E-state index is 12.3. The predicted molar refractivity (Wildman–Crippen MR) is 97.9 cm³/mol. The molecule has 1 aliphatic heterocycles. The molecule has 1 saturated heterocycles. The Morgan fingerprint density at radius 1 is 1.08 bits per heavy atom. The van der Waals surface area contributed by atoms with Crippen molar-refractivity contribution in [2.45, 2.75) is 64.4 Å². The normalized spacial score (nSPS) is 19.8. The van der Waals surface area contributed by atoms with Crippen LogP contribution in [-0.2, 0) is 4.74 Å². The molecule has 0 spiro atoms. The molecule has 0 N–H and O–H groups in total. The lowest BCUT2D eigenvalue weighted by Gasteiger charge is -2.26. The molecule has 1 aromatic heterocycles. The van der Waals surface area contributed by atoms with Gasteiger partial charge in [0.2, 0.25) is 0 Å². The van der Waals surface area contributed by atoms with Gasteiger partial charge in [0.05, 0.1) is 0 Å². The van der Waals surface area contributed by atoms with Crippen LogP contribution in [0.1, 0.15) is 64.5 Å². The minimum absolute atomic E-state index is 0.219. The summed E-state index contributed by atoms with van der Waals surface area (Å²) in [5, 5.41) is 0. The van der Waals surface area contributed by atoms with Crippen molar-refractivity contribution in [3.63, 3.8) is 0 Å². The van der Waals surface area contributed by atoms with E-state index in [4.69, 9.17) is 4.74 Å². The van der Waals surface area contributed by atoms with E-state index >= 15 is 0 Å². The van der Waals surface area contributed by atoms with Crippen LogP contribution in [0.15, 0.2) is 12.4 Å². The highest BCUT2D eigenvalue weighted by Crippen LogP contribution is 2.33. The highest BCUT2D eigenvalue weighted by atomic mass is 16.6. The first-order valence-electron chi connectivity index (χ1n) is 9.47. The molecule has 0 unspecified atom stereocenters. The molecule has 2 heterocycles. The summed E-state index contributed by atoms with van der Waals surface area (Å²) < 4.78 is 5.50. The van der Waals surface area contributed by atoms with Gasteiger partial charge in [-0.15, -0.1) is 0 Å². The van der Waals surface area contributed by atoms with Gasteiger partial charge in [-0.1, -0.05) is 12.8 Å². The van der Waals surface area contributed by atoms with Gasteiger partial charge in [0.15, 0.2) is 0 Å². The topological polar surface area (TPSA) is 58.6 Å². The smallest absolute Gasteiger partial charge is 0.410 e. The number of carbonyl (C=O) groups is 1. The van der Waals surface area contributed by atoms with Crippen LogP contribution >= 0.6 is 0 Å². The Bertz CT molecular complexity index is 593. The van der Waals surface area contributed by atoms with Gasteiger partial charge in [-0.2, -0.15) is 0 Å². The Kier molecular flexibility index (Phi) is 5.45. The Labute approximate surface area is 150 Å². The summed E-state index contributed by atoms with van der Waals surface area (Å²) in [5.74, 6) is 1.58. The van der Waals surface area contributed by atoms with E-state index in [1.807, 2.05) is 25.7 Å². The minimum Gasteiger partial charge on any atom is -0.444 e. The fourth-order valence-corrected chi connectivity index (χ4v) is 3.63. The zero-order chi connectivity index (χ0) is 17.9. The molecule has 0 radical (unpaired) electrons. The van der Waals surface area contributed by atoms with Crippen LogP contribution in [0.4, 0.5) is 10.6 Å². The van der Waals surface area contributed by atoms with Crippen LogP contribution < -0.4 is 4.90 Å². The number of carbonyl (C=O) groups excluding carboxylic acids is 1. The SMILES string of the molecule is CC(C)(C)OC(=O)N1CCCN(c2cc(C3CCCC3)ncn2)CC1. The quantitative estimate of drug-likeness (QED) is 0.819. The first kappa shape index (κ1) is 18.0. The predicted octanol–water partition coefficient (Wildman–Crippen LogP) is 3.58. The maximum absolute atomic E-state index is 12.3. The molecule has 1 saturated carbocycles. The number of nitrogens with zero attached hydrogens (tertiary/aromatic N) is 4. The fraction of sp³-hybridized carbons (Fsp3) is 0.737. The van der Waals surface area contributed by atoms with Crippen LogP contribution in [0.25, 0.3) is 0 Å². The van der Waals surface area contributed by atoms with E-state index in [0.29, 0.717) is 12.5 Å². The van der Waals surface area contributed by atoms with Crippen molar-refractivity contribution in [3.05, 3.63) is 18.1 Å². The molecule has 0 aromatic carbocycles. The number of amides is 1. The second-order valence-corrected chi connectivity index (χ2v) is 8.09. The number of ether oxygens (including phenoxy) is 1. The van der Waals surface area contributed by atoms with Crippen molar-refractivity contribution >= 4 is 11.9 Å². The number of aromatic nitrogens is 2. The molecular weight excluding hydrogens is 316 g/mol. The third-order valence-electron chi connectivity index (χ3n) is 4.92. The summed E-state index contributed by atoms with van der Waals surface area (Å²) in [4.78, 5) is 25.4. The lowest BCUT2D eigenvalue weighted by atomic mass is 10.0. The summed E-state index contributed by atoms with van der Waals surface area (Å²) in [7, 11) is 0. The molecule has 1 amide bonds. The molecular formula is C19H30N4O2. The molecule has 0 atom stereocenters. The summed E-state index contributed by atoms with van der Waals surface area (Å²) in [6.07, 6.45) is 7.48. The van der Waals surface area contributed by atoms with Crippen LogP contribution in [0.3, 0.4) is 0 Å². The van der Waals surface area contributed by atoms with Gasteiger partial charge in [-0.3, -0.25) is 0 Å². The number of anilines is 1. The van der Waals surface area contributed by atoms with Gasteiger partial charge in [0.1, 0.15) is 17.7 Å². The monoisotopic (exact) mass is 346 g/mol. The molecule has 6 heteroatoms. The number of rotatable bonds is 2. The Morgan fingerprint density at radius 3 is 2.56 bits per heavy atom. The highest BCUT2D eigenvalue weighted by Gasteiger charge is 2.25. The fourth-order valence-electron chi connectivity index (χ4n) is 3.63. The number of hydrogen-bond acceptors (Lipinski definition) is 5. The standard InChI is InChI=1S/C19H30N4O2/c1-19(2,3)25-18(24)23-10-6-9-22(11-12-23)17-13-16(20-14-21-17)15-7-4-5-8-15/h13-15H,4-12H2,1-3H3. The second-order valence-electron chi connectivity index (χ2n) is 8.09.